The first-order valence-electron chi connectivity index (χ1n) is 6.90. The number of carbonyl (C=O) groups is 2. The Morgan fingerprint density at radius 2 is 2.05 bits per heavy atom. The Labute approximate surface area is 128 Å². The predicted octanol–water partition coefficient (Wildman–Crippen LogP) is -0.0178. The number of nitrogens with one attached hydrogen (secondary N) is 1. The monoisotopic (exact) mass is 324 g/mol. The maximum absolute atomic E-state index is 12.8. The number of fused-ring (bicyclic) bond motifs is 1. The lowest BCUT2D eigenvalue weighted by Crippen LogP contribution is -2.36. The molecule has 0 spiro atoms. The van der Waals surface area contributed by atoms with Crippen LogP contribution >= 0.6 is 0 Å². The highest BCUT2D eigenvalue weighted by Crippen LogP contribution is 2.31. The van der Waals surface area contributed by atoms with E-state index in [1.165, 1.54) is 23.5 Å². The number of rotatable bonds is 3. The summed E-state index contributed by atoms with van der Waals surface area (Å²) in [6.07, 6.45) is 0.343. The number of hydrogen-bond donors (Lipinski definition) is 1. The minimum atomic E-state index is -3.80. The molecule has 0 radical (unpaired) electrons. The predicted molar refractivity (Wildman–Crippen MR) is 76.6 cm³/mol. The van der Waals surface area contributed by atoms with Crippen LogP contribution in [0.1, 0.15) is 16.8 Å². The van der Waals surface area contributed by atoms with E-state index in [-0.39, 0.29) is 41.4 Å². The quantitative estimate of drug-likeness (QED) is 0.789. The topological polar surface area (TPSA) is 92.8 Å². The average Bonchev–Trinajstić information content (AvgIpc) is 3.04. The van der Waals surface area contributed by atoms with Gasteiger partial charge in [0, 0.05) is 31.5 Å². The number of nitrogens with zero attached hydrogens (tertiary/aromatic N) is 1. The fourth-order valence-corrected chi connectivity index (χ4v) is 4.71. The van der Waals surface area contributed by atoms with Crippen LogP contribution in [-0.4, -0.2) is 50.8 Å². The zero-order valence-corrected chi connectivity index (χ0v) is 12.8. The van der Waals surface area contributed by atoms with E-state index in [0.717, 1.165) is 0 Å². The van der Waals surface area contributed by atoms with E-state index in [1.807, 2.05) is 0 Å². The number of methoxy groups -OCH3 is 1. The second kappa shape index (κ2) is 5.36. The number of carbonyl (C=O) groups excluding carboxylic acids is 2. The third-order valence-corrected chi connectivity index (χ3v) is 6.00. The molecular formula is C14H16N2O5S. The van der Waals surface area contributed by atoms with Gasteiger partial charge in [0.2, 0.25) is 15.9 Å². The van der Waals surface area contributed by atoms with Crippen molar-refractivity contribution < 1.29 is 22.7 Å². The number of hydrogen-bond acceptors (Lipinski definition) is 5. The van der Waals surface area contributed by atoms with Crippen LogP contribution in [0, 0.1) is 5.92 Å². The van der Waals surface area contributed by atoms with E-state index in [1.54, 1.807) is 12.1 Å². The van der Waals surface area contributed by atoms with Crippen LogP contribution in [-0.2, 0) is 19.6 Å². The Balaban J connectivity index is 1.92. The molecule has 2 heterocycles. The van der Waals surface area contributed by atoms with E-state index < -0.39 is 16.0 Å². The molecule has 0 aromatic heterocycles. The van der Waals surface area contributed by atoms with Gasteiger partial charge in [0.15, 0.2) is 0 Å². The molecule has 2 saturated heterocycles. The maximum Gasteiger partial charge on any atom is 0.339 e. The largest absolute Gasteiger partial charge is 0.465 e. The molecule has 118 valence electrons. The van der Waals surface area contributed by atoms with Gasteiger partial charge in [0.05, 0.1) is 17.6 Å². The van der Waals surface area contributed by atoms with Gasteiger partial charge in [-0.3, -0.25) is 4.79 Å². The van der Waals surface area contributed by atoms with Crippen LogP contribution in [0.2, 0.25) is 0 Å². The van der Waals surface area contributed by atoms with Gasteiger partial charge in [-0.25, -0.2) is 13.2 Å². The van der Waals surface area contributed by atoms with Crippen LogP contribution in [0.3, 0.4) is 0 Å². The second-order valence-electron chi connectivity index (χ2n) is 5.45. The molecule has 1 aromatic carbocycles. The van der Waals surface area contributed by atoms with E-state index in [0.29, 0.717) is 6.42 Å². The van der Waals surface area contributed by atoms with Gasteiger partial charge in [-0.2, -0.15) is 4.31 Å². The van der Waals surface area contributed by atoms with Crippen molar-refractivity contribution in [2.24, 2.45) is 5.92 Å². The van der Waals surface area contributed by atoms with Gasteiger partial charge in [-0.15, -0.1) is 0 Å². The molecule has 0 aliphatic carbocycles. The van der Waals surface area contributed by atoms with E-state index in [9.17, 15) is 18.0 Å². The van der Waals surface area contributed by atoms with Crippen molar-refractivity contribution in [3.63, 3.8) is 0 Å². The van der Waals surface area contributed by atoms with Crippen molar-refractivity contribution in [3.05, 3.63) is 29.8 Å². The van der Waals surface area contributed by atoms with Gasteiger partial charge in [-0.05, 0) is 12.1 Å². The zero-order chi connectivity index (χ0) is 15.9. The number of ether oxygens (including phenoxy) is 1. The molecule has 7 nitrogen and oxygen atoms in total. The number of amides is 1. The van der Waals surface area contributed by atoms with Crippen molar-refractivity contribution in [2.75, 3.05) is 20.2 Å². The van der Waals surface area contributed by atoms with Crippen molar-refractivity contribution in [1.29, 1.82) is 0 Å². The van der Waals surface area contributed by atoms with Gasteiger partial charge in [-0.1, -0.05) is 12.1 Å². The smallest absolute Gasteiger partial charge is 0.339 e. The van der Waals surface area contributed by atoms with Gasteiger partial charge in [0.1, 0.15) is 0 Å². The fraction of sp³-hybridized carbons (Fsp3) is 0.429. The summed E-state index contributed by atoms with van der Waals surface area (Å²) in [5.74, 6) is -0.735. The molecule has 1 aromatic rings. The Morgan fingerprint density at radius 1 is 1.32 bits per heavy atom. The van der Waals surface area contributed by atoms with Crippen LogP contribution in [0.4, 0.5) is 0 Å². The maximum atomic E-state index is 12.8. The Bertz CT molecular complexity index is 715. The average molecular weight is 324 g/mol. The van der Waals surface area contributed by atoms with E-state index in [4.69, 9.17) is 0 Å². The normalized spacial score (nSPS) is 24.9. The zero-order valence-electron chi connectivity index (χ0n) is 12.0. The van der Waals surface area contributed by atoms with E-state index in [2.05, 4.69) is 10.1 Å². The summed E-state index contributed by atoms with van der Waals surface area (Å²) in [7, 11) is -2.59. The molecule has 2 fully saturated rings. The molecule has 2 aliphatic rings. The highest BCUT2D eigenvalue weighted by atomic mass is 32.2. The molecule has 2 atom stereocenters. The first-order chi connectivity index (χ1) is 10.4. The fourth-order valence-electron chi connectivity index (χ4n) is 3.01. The first kappa shape index (κ1) is 15.0. The number of esters is 1. The van der Waals surface area contributed by atoms with Gasteiger partial charge >= 0.3 is 5.97 Å². The molecular weight excluding hydrogens is 308 g/mol. The SMILES string of the molecule is COC(=O)c1ccccc1S(=O)(=O)N1C[C@@H]2CC(=O)N[C@@H]2C1. The van der Waals surface area contributed by atoms with E-state index >= 15 is 0 Å². The molecule has 0 saturated carbocycles. The second-order valence-corrected chi connectivity index (χ2v) is 7.35. The summed E-state index contributed by atoms with van der Waals surface area (Å²) in [5, 5.41) is 2.78. The van der Waals surface area contributed by atoms with Crippen LogP contribution in [0.5, 0.6) is 0 Å². The molecule has 2 aliphatic heterocycles. The van der Waals surface area contributed by atoms with Crippen molar-refractivity contribution in [1.82, 2.24) is 9.62 Å². The summed E-state index contributed by atoms with van der Waals surface area (Å²) >= 11 is 0. The summed E-state index contributed by atoms with van der Waals surface area (Å²) in [4.78, 5) is 23.0. The summed E-state index contributed by atoms with van der Waals surface area (Å²) in [6, 6.07) is 5.83. The molecule has 22 heavy (non-hydrogen) atoms. The van der Waals surface area contributed by atoms with Crippen molar-refractivity contribution >= 4 is 21.9 Å². The van der Waals surface area contributed by atoms with Crippen molar-refractivity contribution in [2.45, 2.75) is 17.4 Å². The molecule has 1 amide bonds. The number of benzene rings is 1. The van der Waals surface area contributed by atoms with Crippen LogP contribution in [0.25, 0.3) is 0 Å². The van der Waals surface area contributed by atoms with Gasteiger partial charge in [0.25, 0.3) is 0 Å². The summed E-state index contributed by atoms with van der Waals surface area (Å²) in [5.41, 5.74) is 0.0195. The highest BCUT2D eigenvalue weighted by Gasteiger charge is 2.45. The summed E-state index contributed by atoms with van der Waals surface area (Å²) in [6.45, 7) is 0.509. The Morgan fingerprint density at radius 3 is 2.73 bits per heavy atom. The van der Waals surface area contributed by atoms with Gasteiger partial charge < -0.3 is 10.1 Å². The Kier molecular flexibility index (Phi) is 3.65. The standard InChI is InChI=1S/C14H16N2O5S/c1-21-14(18)10-4-2-3-5-12(10)22(19,20)16-7-9-6-13(17)15-11(9)8-16/h2-5,9,11H,6-8H2,1H3,(H,15,17)/t9-,11+/m0/s1. The molecule has 0 unspecified atom stereocenters. The third-order valence-electron chi connectivity index (χ3n) is 4.11. The summed E-state index contributed by atoms with van der Waals surface area (Å²) < 4.78 is 31.6. The molecule has 3 rings (SSSR count). The first-order valence-corrected chi connectivity index (χ1v) is 8.34. The Hall–Kier alpha value is -1.93. The molecule has 1 N–H and O–H groups in total. The minimum absolute atomic E-state index is 0.00689. The minimum Gasteiger partial charge on any atom is -0.465 e. The highest BCUT2D eigenvalue weighted by molar-refractivity contribution is 7.89. The third kappa shape index (κ3) is 2.38. The lowest BCUT2D eigenvalue weighted by atomic mass is 10.1. The van der Waals surface area contributed by atoms with Crippen LogP contribution in [0.15, 0.2) is 29.2 Å². The van der Waals surface area contributed by atoms with Crippen LogP contribution < -0.4 is 5.32 Å². The van der Waals surface area contributed by atoms with Crippen molar-refractivity contribution in [3.8, 4) is 0 Å². The number of sulfonamides is 1. The lowest BCUT2D eigenvalue weighted by molar-refractivity contribution is -0.119. The lowest BCUT2D eigenvalue weighted by Gasteiger charge is -2.18. The molecule has 8 heteroatoms. The molecule has 0 bridgehead atoms.